The number of piperidine rings is 2. The lowest BCUT2D eigenvalue weighted by molar-refractivity contribution is -0.312. The number of likely N-dealkylation sites (tertiary alicyclic amines) is 2. The molecule has 0 radical (unpaired) electrons. The van der Waals surface area contributed by atoms with E-state index in [-0.39, 0.29) is 69.3 Å². The first-order chi connectivity index (χ1) is 32.0. The van der Waals surface area contributed by atoms with E-state index in [1.165, 1.54) is 47.9 Å². The zero-order chi connectivity index (χ0) is 47.5. The third kappa shape index (κ3) is 4.69. The van der Waals surface area contributed by atoms with E-state index in [0.29, 0.717) is 22.6 Å². The second kappa shape index (κ2) is 12.9. The molecule has 0 aromatic heterocycles. The van der Waals surface area contributed by atoms with Crippen LogP contribution in [-0.2, 0) is 33.1 Å². The number of fused-ring (bicyclic) bond motifs is 4. The Morgan fingerprint density at radius 2 is 0.971 bits per heavy atom. The maximum atomic E-state index is 13.1. The number of methoxy groups -OCH3 is 2. The molecule has 10 heteroatoms. The first-order valence-corrected chi connectivity index (χ1v) is 27.2. The Morgan fingerprint density at radius 3 is 1.31 bits per heavy atom. The van der Waals surface area contributed by atoms with Gasteiger partial charge in [0.05, 0.1) is 11.2 Å². The van der Waals surface area contributed by atoms with Gasteiger partial charge in [0.15, 0.2) is 23.0 Å². The van der Waals surface area contributed by atoms with Crippen molar-refractivity contribution in [2.75, 3.05) is 40.4 Å². The van der Waals surface area contributed by atoms with Gasteiger partial charge in [-0.1, -0.05) is 41.5 Å². The normalized spacial score (nSPS) is 44.2. The van der Waals surface area contributed by atoms with Crippen LogP contribution in [0.5, 0.6) is 23.0 Å². The molecule has 4 heterocycles. The number of ether oxygens (including phenoxy) is 4. The Kier molecular flexibility index (Phi) is 8.40. The van der Waals surface area contributed by atoms with Gasteiger partial charge in [-0.15, -0.1) is 0 Å². The zero-order valence-electron chi connectivity index (χ0n) is 42.8. The van der Waals surface area contributed by atoms with Gasteiger partial charge in [0.2, 0.25) is 0 Å². The molecule has 68 heavy (non-hydrogen) atoms. The Hall–Kier alpha value is -2.60. The highest BCUT2D eigenvalue weighted by Gasteiger charge is 2.84. The Morgan fingerprint density at radius 1 is 0.588 bits per heavy atom. The summed E-state index contributed by atoms with van der Waals surface area (Å²) < 4.78 is 28.8. The monoisotopic (exact) mass is 933 g/mol. The van der Waals surface area contributed by atoms with Gasteiger partial charge in [0.1, 0.15) is 23.4 Å². The van der Waals surface area contributed by atoms with E-state index >= 15 is 0 Å². The molecule has 1 unspecified atom stereocenters. The quantitative estimate of drug-likeness (QED) is 0.194. The highest BCUT2D eigenvalue weighted by molar-refractivity contribution is 5.86. The molecular formula is C58H80N2O8. The van der Waals surface area contributed by atoms with E-state index in [9.17, 15) is 20.4 Å². The zero-order valence-corrected chi connectivity index (χ0v) is 42.8. The Bertz CT molecular complexity index is 2380. The molecule has 10 nitrogen and oxygen atoms in total. The van der Waals surface area contributed by atoms with Gasteiger partial charge >= 0.3 is 0 Å². The summed E-state index contributed by atoms with van der Waals surface area (Å²) in [6, 6.07) is 5.00. The van der Waals surface area contributed by atoms with E-state index in [0.717, 1.165) is 102 Å². The largest absolute Gasteiger partial charge is 0.504 e. The predicted molar refractivity (Wildman–Crippen MR) is 259 cm³/mol. The number of rotatable bonds is 9. The molecule has 4 N–H and O–H groups in total. The number of aliphatic hydroxyl groups is 2. The molecule has 8 saturated carbocycles. The van der Waals surface area contributed by atoms with Crippen molar-refractivity contribution in [1.29, 1.82) is 0 Å². The second-order valence-electron chi connectivity index (χ2n) is 28.0. The minimum atomic E-state index is -1.04. The van der Waals surface area contributed by atoms with Crippen molar-refractivity contribution in [2.24, 2.45) is 45.3 Å². The van der Waals surface area contributed by atoms with Crippen molar-refractivity contribution in [2.45, 2.75) is 203 Å². The average molecular weight is 933 g/mol. The summed E-state index contributed by atoms with van der Waals surface area (Å²) in [5, 5.41) is 51.9. The van der Waals surface area contributed by atoms with Crippen LogP contribution in [0, 0.1) is 45.3 Å². The number of benzene rings is 2. The van der Waals surface area contributed by atoms with Gasteiger partial charge in [-0.3, -0.25) is 9.80 Å². The minimum Gasteiger partial charge on any atom is -0.504 e. The molecule has 16 rings (SSSR count). The topological polar surface area (TPSA) is 124 Å². The first-order valence-electron chi connectivity index (χ1n) is 27.2. The molecule has 4 aliphatic heterocycles. The molecular weight excluding hydrogens is 853 g/mol. The van der Waals surface area contributed by atoms with Gasteiger partial charge in [-0.2, -0.15) is 0 Å². The second-order valence-corrected chi connectivity index (χ2v) is 28.0. The van der Waals surface area contributed by atoms with Crippen LogP contribution in [0.4, 0.5) is 0 Å². The fourth-order valence-electron chi connectivity index (χ4n) is 19.7. The molecule has 0 amide bonds. The first kappa shape index (κ1) is 44.1. The highest BCUT2D eigenvalue weighted by atomic mass is 16.6. The van der Waals surface area contributed by atoms with Crippen molar-refractivity contribution < 1.29 is 39.4 Å². The molecule has 8 bridgehead atoms. The summed E-state index contributed by atoms with van der Waals surface area (Å²) >= 11 is 0. The van der Waals surface area contributed by atoms with Gasteiger partial charge in [0, 0.05) is 95.1 Å². The van der Waals surface area contributed by atoms with Gasteiger partial charge in [0.25, 0.3) is 0 Å². The summed E-state index contributed by atoms with van der Waals surface area (Å²) in [5.74, 6) is 2.48. The van der Waals surface area contributed by atoms with Crippen LogP contribution in [0.25, 0.3) is 11.1 Å². The van der Waals surface area contributed by atoms with Crippen molar-refractivity contribution in [3.05, 3.63) is 34.4 Å². The van der Waals surface area contributed by atoms with Crippen LogP contribution in [-0.4, -0.2) is 117 Å². The smallest absolute Gasteiger partial charge is 0.166 e. The van der Waals surface area contributed by atoms with E-state index in [1.54, 1.807) is 0 Å². The third-order valence-corrected chi connectivity index (χ3v) is 24.2. The van der Waals surface area contributed by atoms with E-state index in [1.807, 2.05) is 28.1 Å². The standard InChI is InChI=1S/C58H80N2O8/c1-49(2,3)51(7,63)37-27-53-15-17-57(37,65-9)47-55(53)19-21-59(29-31-11-12-31)39(53)25-33-23-35(43(61)45(67-47)41(33)55)36-24-34-26-40-54-16-18-58(66-10,38(28-54)52(8,64)50(4,5)6)48-56(54,42(34)46(68-48)44(36)62)20-22-60(40)30-32-13-14-32/h23-24,31-32,37-40,47-48,61-64H,11-22,25-30H2,1-10H3/t37-,38-,39-,40-,47-,48-,51+,52+,53-,54?,55+,56+,57+,58+/m1/s1. The fourth-order valence-corrected chi connectivity index (χ4v) is 19.7. The number of phenolic OH excluding ortho intramolecular Hbond substituents is 2. The van der Waals surface area contributed by atoms with Crippen molar-refractivity contribution >= 4 is 0 Å². The maximum absolute atomic E-state index is 13.1. The van der Waals surface area contributed by atoms with Crippen molar-refractivity contribution in [3.63, 3.8) is 0 Å². The van der Waals surface area contributed by atoms with Crippen LogP contribution in [0.2, 0.25) is 0 Å². The van der Waals surface area contributed by atoms with Gasteiger partial charge < -0.3 is 39.4 Å². The lowest BCUT2D eigenvalue weighted by atomic mass is 9.33. The molecule has 14 aliphatic rings. The lowest BCUT2D eigenvalue weighted by Gasteiger charge is -2.75. The highest BCUT2D eigenvalue weighted by Crippen LogP contribution is 2.81. The number of aromatic hydroxyl groups is 2. The summed E-state index contributed by atoms with van der Waals surface area (Å²) in [6.07, 6.45) is 13.4. The molecule has 4 spiro atoms. The molecule has 10 aliphatic carbocycles. The SMILES string of the molecule is CO[C@@]12CCC3(C[C@@H]1[C@](C)(O)C(C)(C)C)[C@H]1Cc4cc(-c5cc6c7c(c5O)O[C@H]5[C@]8(OC)CC[C@@]9(C[C@@H]8[C@](C)(O)C(C)(C)C)[C@@H](C6)N(CC6CC6)CC[C@]759)c(O)c5c4[C@@]3(CCN1CC1CC1)[C@H]2O5. The maximum Gasteiger partial charge on any atom is 0.166 e. The van der Waals surface area contributed by atoms with Crippen LogP contribution in [0.15, 0.2) is 12.1 Å². The number of hydrogen-bond acceptors (Lipinski definition) is 10. The summed E-state index contributed by atoms with van der Waals surface area (Å²) in [7, 11) is 3.68. The summed E-state index contributed by atoms with van der Waals surface area (Å²) in [5.41, 5.74) is 0.598. The van der Waals surface area contributed by atoms with Crippen LogP contribution < -0.4 is 9.47 Å². The Labute approximate surface area is 404 Å². The Balaban J connectivity index is 0.957. The number of nitrogens with zero attached hydrogens (tertiary/aromatic N) is 2. The van der Waals surface area contributed by atoms with Gasteiger partial charge in [-0.25, -0.2) is 0 Å². The van der Waals surface area contributed by atoms with Gasteiger partial charge in [-0.05, 0) is 163 Å². The molecule has 14 atom stereocenters. The lowest BCUT2D eigenvalue weighted by Crippen LogP contribution is -2.83. The fraction of sp³-hybridized carbons (Fsp3) is 0.793. The summed E-state index contributed by atoms with van der Waals surface area (Å²) in [6.45, 7) is 21.3. The molecule has 2 aromatic carbocycles. The van der Waals surface area contributed by atoms with Crippen LogP contribution in [0.3, 0.4) is 0 Å². The predicted octanol–water partition coefficient (Wildman–Crippen LogP) is 8.81. The van der Waals surface area contributed by atoms with Crippen LogP contribution >= 0.6 is 0 Å². The summed E-state index contributed by atoms with van der Waals surface area (Å²) in [4.78, 5) is 5.67. The van der Waals surface area contributed by atoms with Crippen molar-refractivity contribution in [1.82, 2.24) is 9.80 Å². The molecule has 2 aromatic rings. The van der Waals surface area contributed by atoms with Crippen molar-refractivity contribution in [3.8, 4) is 34.1 Å². The van der Waals surface area contributed by atoms with Crippen LogP contribution in [0.1, 0.15) is 155 Å². The molecule has 2 saturated heterocycles. The molecule has 370 valence electrons. The molecule has 10 fully saturated rings. The van der Waals surface area contributed by atoms with E-state index < -0.39 is 33.2 Å². The average Bonchev–Trinajstić information content (AvgIpc) is 4.22. The number of hydrogen-bond donors (Lipinski definition) is 4. The minimum absolute atomic E-state index is 0.0971. The number of phenols is 2. The van der Waals surface area contributed by atoms with E-state index in [2.05, 4.69) is 63.5 Å². The third-order valence-electron chi connectivity index (χ3n) is 24.2. The van der Waals surface area contributed by atoms with E-state index in [4.69, 9.17) is 18.9 Å².